The summed E-state index contributed by atoms with van der Waals surface area (Å²) in [6.45, 7) is 3.97. The maximum atomic E-state index is 13.4. The van der Waals surface area contributed by atoms with Gasteiger partial charge in [-0.15, -0.1) is 0 Å². The summed E-state index contributed by atoms with van der Waals surface area (Å²) in [4.78, 5) is 27.8. The third-order valence-electron chi connectivity index (χ3n) is 5.50. The van der Waals surface area contributed by atoms with Crippen LogP contribution in [0.3, 0.4) is 0 Å². The Bertz CT molecular complexity index is 1100. The zero-order chi connectivity index (χ0) is 22.7. The summed E-state index contributed by atoms with van der Waals surface area (Å²) in [5, 5.41) is 0.779. The number of benzene rings is 2. The zero-order valence-corrected chi connectivity index (χ0v) is 19.2. The molecule has 0 radical (unpaired) electrons. The van der Waals surface area contributed by atoms with Crippen LogP contribution in [0.1, 0.15) is 5.56 Å². The summed E-state index contributed by atoms with van der Waals surface area (Å²) in [6.07, 6.45) is 1.40. The first-order chi connectivity index (χ1) is 15.4. The smallest absolute Gasteiger partial charge is 0.237 e. The van der Waals surface area contributed by atoms with E-state index in [4.69, 9.17) is 28.9 Å². The van der Waals surface area contributed by atoms with Crippen LogP contribution in [0.25, 0.3) is 0 Å². The van der Waals surface area contributed by atoms with E-state index < -0.39 is 0 Å². The summed E-state index contributed by atoms with van der Waals surface area (Å²) < 4.78 is 0. The molecule has 0 unspecified atom stereocenters. The van der Waals surface area contributed by atoms with Gasteiger partial charge in [-0.3, -0.25) is 9.69 Å². The van der Waals surface area contributed by atoms with Gasteiger partial charge in [0.1, 0.15) is 18.0 Å². The van der Waals surface area contributed by atoms with Gasteiger partial charge in [0.25, 0.3) is 0 Å². The van der Waals surface area contributed by atoms with E-state index in [2.05, 4.69) is 26.8 Å². The number of hydrogen-bond donors (Lipinski definition) is 1. The minimum absolute atomic E-state index is 0.0590. The minimum Gasteiger partial charge on any atom is -0.384 e. The van der Waals surface area contributed by atoms with E-state index in [1.165, 1.54) is 11.2 Å². The molecule has 3 aromatic rings. The van der Waals surface area contributed by atoms with E-state index in [0.29, 0.717) is 27.1 Å². The molecule has 0 atom stereocenters. The molecule has 2 aromatic carbocycles. The lowest BCUT2D eigenvalue weighted by molar-refractivity contribution is -0.117. The van der Waals surface area contributed by atoms with Crippen molar-refractivity contribution in [2.75, 3.05) is 48.8 Å². The molecule has 7 nitrogen and oxygen atoms in total. The highest BCUT2D eigenvalue weighted by Gasteiger charge is 2.22. The molecule has 0 spiro atoms. The number of nitrogens with zero attached hydrogens (tertiary/aromatic N) is 5. The number of anilines is 4. The van der Waals surface area contributed by atoms with Gasteiger partial charge in [0.15, 0.2) is 0 Å². The maximum Gasteiger partial charge on any atom is 0.237 e. The Labute approximate surface area is 197 Å². The Morgan fingerprint density at radius 3 is 2.47 bits per heavy atom. The monoisotopic (exact) mass is 470 g/mol. The Kier molecular flexibility index (Phi) is 6.79. The van der Waals surface area contributed by atoms with Crippen molar-refractivity contribution < 1.29 is 4.79 Å². The largest absolute Gasteiger partial charge is 0.384 e. The Morgan fingerprint density at radius 2 is 1.78 bits per heavy atom. The van der Waals surface area contributed by atoms with Crippen LogP contribution >= 0.6 is 23.2 Å². The van der Waals surface area contributed by atoms with E-state index in [0.717, 1.165) is 31.9 Å². The first-order valence-corrected chi connectivity index (χ1v) is 11.0. The molecule has 0 aliphatic carbocycles. The van der Waals surface area contributed by atoms with E-state index in [9.17, 15) is 4.79 Å². The third kappa shape index (κ3) is 4.96. The number of piperazine rings is 1. The van der Waals surface area contributed by atoms with Gasteiger partial charge >= 0.3 is 0 Å². The first-order valence-electron chi connectivity index (χ1n) is 10.3. The summed E-state index contributed by atoms with van der Waals surface area (Å²) >= 11 is 12.4. The normalized spacial score (nSPS) is 14.4. The molecule has 166 valence electrons. The van der Waals surface area contributed by atoms with Gasteiger partial charge in [0, 0.05) is 37.9 Å². The van der Waals surface area contributed by atoms with Crippen LogP contribution in [0.4, 0.5) is 23.0 Å². The average Bonchev–Trinajstić information content (AvgIpc) is 2.78. The molecule has 1 aliphatic rings. The van der Waals surface area contributed by atoms with Gasteiger partial charge in [-0.1, -0.05) is 35.3 Å². The van der Waals surface area contributed by atoms with Crippen LogP contribution in [-0.4, -0.2) is 54.0 Å². The van der Waals surface area contributed by atoms with Crippen LogP contribution in [-0.2, 0) is 11.2 Å². The van der Waals surface area contributed by atoms with Crippen molar-refractivity contribution >= 4 is 52.1 Å². The van der Waals surface area contributed by atoms with Crippen LogP contribution in [0.5, 0.6) is 0 Å². The van der Waals surface area contributed by atoms with Gasteiger partial charge < -0.3 is 15.5 Å². The summed E-state index contributed by atoms with van der Waals surface area (Å²) in [7, 11) is 2.13. The Balaban J connectivity index is 1.64. The van der Waals surface area contributed by atoms with Crippen LogP contribution in [0.2, 0.25) is 10.0 Å². The highest BCUT2D eigenvalue weighted by Crippen LogP contribution is 2.30. The number of rotatable bonds is 5. The molecule has 2 N–H and O–H groups in total. The number of nitrogens with two attached hydrogens (primary N) is 1. The van der Waals surface area contributed by atoms with Gasteiger partial charge in [0.05, 0.1) is 22.2 Å². The van der Waals surface area contributed by atoms with Crippen molar-refractivity contribution in [3.05, 3.63) is 70.5 Å². The maximum absolute atomic E-state index is 13.4. The molecular weight excluding hydrogens is 447 g/mol. The van der Waals surface area contributed by atoms with Crippen LogP contribution in [0.15, 0.2) is 54.9 Å². The number of aromatic nitrogens is 2. The van der Waals surface area contributed by atoms with Crippen LogP contribution < -0.4 is 15.5 Å². The summed E-state index contributed by atoms with van der Waals surface area (Å²) in [5.74, 6) is 0.468. The second-order valence-electron chi connectivity index (χ2n) is 7.73. The fourth-order valence-corrected chi connectivity index (χ4v) is 4.08. The van der Waals surface area contributed by atoms with Gasteiger partial charge in [-0.05, 0) is 42.9 Å². The molecule has 1 aromatic heterocycles. The van der Waals surface area contributed by atoms with Crippen molar-refractivity contribution in [3.63, 3.8) is 0 Å². The Morgan fingerprint density at radius 1 is 1.06 bits per heavy atom. The number of halogens is 2. The standard InChI is InChI=1S/C23H24Cl2N6O/c1-29-9-11-30(12-10-29)17-5-7-18(8-6-17)31(21-14-20(26)27-15-28-21)22(32)13-16-3-2-4-19(24)23(16)25/h2-8,14-15H,9-13H2,1H3,(H2,26,27,28). The fourth-order valence-electron chi connectivity index (χ4n) is 3.69. The number of nitrogen functional groups attached to an aromatic ring is 1. The highest BCUT2D eigenvalue weighted by molar-refractivity contribution is 6.42. The molecule has 1 saturated heterocycles. The average molecular weight is 471 g/mol. The first kappa shape index (κ1) is 22.3. The van der Waals surface area contributed by atoms with Crippen molar-refractivity contribution in [2.24, 2.45) is 0 Å². The molecule has 1 amide bonds. The zero-order valence-electron chi connectivity index (χ0n) is 17.7. The molecule has 0 saturated carbocycles. The second kappa shape index (κ2) is 9.73. The van der Waals surface area contributed by atoms with Crippen molar-refractivity contribution in [3.8, 4) is 0 Å². The summed E-state index contributed by atoms with van der Waals surface area (Å²) in [6, 6.07) is 14.7. The predicted molar refractivity (Wildman–Crippen MR) is 130 cm³/mol. The van der Waals surface area contributed by atoms with E-state index in [1.807, 2.05) is 24.3 Å². The predicted octanol–water partition coefficient (Wildman–Crippen LogP) is 4.02. The topological polar surface area (TPSA) is 78.6 Å². The molecule has 32 heavy (non-hydrogen) atoms. The summed E-state index contributed by atoms with van der Waals surface area (Å²) in [5.41, 5.74) is 8.31. The van der Waals surface area contributed by atoms with E-state index in [1.54, 1.807) is 24.3 Å². The van der Waals surface area contributed by atoms with Crippen molar-refractivity contribution in [1.82, 2.24) is 14.9 Å². The van der Waals surface area contributed by atoms with Crippen molar-refractivity contribution in [2.45, 2.75) is 6.42 Å². The fraction of sp³-hybridized carbons (Fsp3) is 0.261. The molecule has 2 heterocycles. The molecular formula is C23H24Cl2N6O. The SMILES string of the molecule is CN1CCN(c2ccc(N(C(=O)Cc3cccc(Cl)c3Cl)c3cc(N)ncn3)cc2)CC1. The highest BCUT2D eigenvalue weighted by atomic mass is 35.5. The quantitative estimate of drug-likeness (QED) is 0.606. The number of carbonyl (C=O) groups excluding carboxylic acids is 1. The number of hydrogen-bond acceptors (Lipinski definition) is 6. The van der Waals surface area contributed by atoms with Crippen LogP contribution in [0, 0.1) is 0 Å². The van der Waals surface area contributed by atoms with Gasteiger partial charge in [-0.2, -0.15) is 0 Å². The van der Waals surface area contributed by atoms with Gasteiger partial charge in [-0.25, -0.2) is 9.97 Å². The number of amides is 1. The molecule has 4 rings (SSSR count). The second-order valence-corrected chi connectivity index (χ2v) is 8.51. The van der Waals surface area contributed by atoms with Crippen molar-refractivity contribution in [1.29, 1.82) is 0 Å². The number of carbonyl (C=O) groups is 1. The molecule has 0 bridgehead atoms. The molecule has 1 fully saturated rings. The lowest BCUT2D eigenvalue weighted by Gasteiger charge is -2.34. The van der Waals surface area contributed by atoms with E-state index in [-0.39, 0.29) is 18.1 Å². The number of likely N-dealkylation sites (N-methyl/N-ethyl adjacent to an activating group) is 1. The third-order valence-corrected chi connectivity index (χ3v) is 6.36. The minimum atomic E-state index is -0.209. The molecule has 1 aliphatic heterocycles. The lowest BCUT2D eigenvalue weighted by Crippen LogP contribution is -2.44. The molecule has 9 heteroatoms. The van der Waals surface area contributed by atoms with Gasteiger partial charge in [0.2, 0.25) is 5.91 Å². The Hall–Kier alpha value is -2.87. The lowest BCUT2D eigenvalue weighted by atomic mass is 10.1. The van der Waals surface area contributed by atoms with E-state index >= 15 is 0 Å².